The Morgan fingerprint density at radius 2 is 1.12 bits per heavy atom. The van der Waals surface area contributed by atoms with Crippen molar-refractivity contribution < 1.29 is 26.6 Å². The molecule has 0 aromatic carbocycles. The second-order valence-electron chi connectivity index (χ2n) is 4.96. The van der Waals surface area contributed by atoms with E-state index in [1.807, 2.05) is 20.8 Å². The van der Waals surface area contributed by atoms with E-state index in [0.717, 1.165) is 24.9 Å². The van der Waals surface area contributed by atoms with Crippen LogP contribution in [0.4, 0.5) is 0 Å². The molecule has 0 rings (SSSR count). The molecule has 0 aromatic heterocycles. The van der Waals surface area contributed by atoms with Crippen molar-refractivity contribution in [3.8, 4) is 0 Å². The maximum atomic E-state index is 5.65. The lowest BCUT2D eigenvalue weighted by Crippen LogP contribution is -2.46. The number of hydrogen-bond acceptors (Lipinski definition) is 7. The lowest BCUT2D eigenvalue weighted by Gasteiger charge is -2.28. The fraction of sp³-hybridized carbons (Fsp3) is 1.00. The predicted octanol–water partition coefficient (Wildman–Crippen LogP) is 2.88. The molecule has 0 radical (unpaired) electrons. The summed E-state index contributed by atoms with van der Waals surface area (Å²) in [4.78, 5) is 0. The van der Waals surface area contributed by atoms with Gasteiger partial charge in [0.1, 0.15) is 0 Å². The predicted molar refractivity (Wildman–Crippen MR) is 106 cm³/mol. The zero-order valence-corrected chi connectivity index (χ0v) is 19.5. The third kappa shape index (κ3) is 12.5. The standard InChI is InChI=1S/C9H23NO3Si.C6H15ClO3Si/c1-4-11-14(12-5-2,13-6-3)9-7-8-10;1-8-11(9-2,10-3)6-4-5-7/h4-10H2,1-3H3;4-6H2,1-3H3. The van der Waals surface area contributed by atoms with Gasteiger partial charge in [-0.05, 0) is 40.2 Å². The fourth-order valence-corrected chi connectivity index (χ4v) is 6.88. The average molecular weight is 420 g/mol. The van der Waals surface area contributed by atoms with Crippen molar-refractivity contribution in [1.82, 2.24) is 0 Å². The number of hydrogen-bond donors (Lipinski definition) is 1. The molecule has 0 fully saturated rings. The van der Waals surface area contributed by atoms with Crippen LogP contribution in [-0.2, 0) is 26.6 Å². The molecule has 0 bridgehead atoms. The minimum Gasteiger partial charge on any atom is -0.377 e. The third-order valence-electron chi connectivity index (χ3n) is 3.33. The molecule has 154 valence electrons. The molecule has 0 amide bonds. The molecule has 0 saturated carbocycles. The van der Waals surface area contributed by atoms with Crippen molar-refractivity contribution in [3.05, 3.63) is 0 Å². The smallest absolute Gasteiger partial charge is 0.377 e. The van der Waals surface area contributed by atoms with Gasteiger partial charge in [-0.25, -0.2) is 0 Å². The molecule has 0 heterocycles. The minimum absolute atomic E-state index is 0.616. The topological polar surface area (TPSA) is 81.4 Å². The van der Waals surface area contributed by atoms with Gasteiger partial charge in [-0.2, -0.15) is 0 Å². The Labute approximate surface area is 161 Å². The summed E-state index contributed by atoms with van der Waals surface area (Å²) in [6.45, 7) is 8.44. The lowest BCUT2D eigenvalue weighted by molar-refractivity contribution is 0.0710. The van der Waals surface area contributed by atoms with Crippen LogP contribution in [0.3, 0.4) is 0 Å². The molecule has 0 aromatic rings. The van der Waals surface area contributed by atoms with E-state index in [9.17, 15) is 0 Å². The fourth-order valence-electron chi connectivity index (χ4n) is 2.16. The molecule has 2 N–H and O–H groups in total. The van der Waals surface area contributed by atoms with Crippen LogP contribution in [0.2, 0.25) is 12.1 Å². The van der Waals surface area contributed by atoms with Crippen LogP contribution in [-0.4, -0.2) is 71.2 Å². The van der Waals surface area contributed by atoms with Crippen molar-refractivity contribution >= 4 is 29.2 Å². The monoisotopic (exact) mass is 419 g/mol. The Morgan fingerprint density at radius 3 is 1.40 bits per heavy atom. The van der Waals surface area contributed by atoms with Crippen LogP contribution >= 0.6 is 11.6 Å². The Balaban J connectivity index is 0. The molecule has 10 heteroatoms. The van der Waals surface area contributed by atoms with Crippen LogP contribution in [0.15, 0.2) is 0 Å². The summed E-state index contributed by atoms with van der Waals surface area (Å²) in [5.41, 5.74) is 5.48. The summed E-state index contributed by atoms with van der Waals surface area (Å²) in [7, 11) is 0.0945. The van der Waals surface area contributed by atoms with Crippen molar-refractivity contribution in [1.29, 1.82) is 0 Å². The number of halogens is 1. The molecule has 0 atom stereocenters. The van der Waals surface area contributed by atoms with Gasteiger partial charge in [-0.1, -0.05) is 0 Å². The molecule has 0 aliphatic heterocycles. The van der Waals surface area contributed by atoms with Gasteiger partial charge in [0, 0.05) is 59.1 Å². The molecule has 0 spiro atoms. The van der Waals surface area contributed by atoms with E-state index in [-0.39, 0.29) is 0 Å². The van der Waals surface area contributed by atoms with Crippen molar-refractivity contribution in [2.75, 3.05) is 53.6 Å². The maximum Gasteiger partial charge on any atom is 0.500 e. The summed E-state index contributed by atoms with van der Waals surface area (Å²) in [6, 6.07) is 1.60. The van der Waals surface area contributed by atoms with E-state index in [0.29, 0.717) is 32.2 Å². The number of rotatable bonds is 15. The van der Waals surface area contributed by atoms with Gasteiger partial charge >= 0.3 is 17.6 Å². The van der Waals surface area contributed by atoms with Crippen molar-refractivity contribution in [2.45, 2.75) is 45.7 Å². The molecule has 7 nitrogen and oxygen atoms in total. The highest BCUT2D eigenvalue weighted by atomic mass is 35.5. The van der Waals surface area contributed by atoms with E-state index in [1.54, 1.807) is 21.3 Å². The summed E-state index contributed by atoms with van der Waals surface area (Å²) in [6.07, 6.45) is 1.76. The summed E-state index contributed by atoms with van der Waals surface area (Å²) < 4.78 is 32.5. The molecule has 0 aliphatic rings. The van der Waals surface area contributed by atoms with Crippen LogP contribution in [0.5, 0.6) is 0 Å². The average Bonchev–Trinajstić information content (AvgIpc) is 2.63. The largest absolute Gasteiger partial charge is 0.500 e. The molecule has 0 unspecified atom stereocenters. The summed E-state index contributed by atoms with van der Waals surface area (Å²) in [5, 5.41) is 0. The number of alkyl halides is 1. The second kappa shape index (κ2) is 17.8. The Kier molecular flexibility index (Phi) is 19.7. The van der Waals surface area contributed by atoms with Crippen LogP contribution in [0, 0.1) is 0 Å². The van der Waals surface area contributed by atoms with E-state index in [2.05, 4.69) is 0 Å². The number of nitrogens with two attached hydrogens (primary N) is 1. The third-order valence-corrected chi connectivity index (χ3v) is 9.58. The van der Waals surface area contributed by atoms with E-state index >= 15 is 0 Å². The van der Waals surface area contributed by atoms with Crippen molar-refractivity contribution in [3.63, 3.8) is 0 Å². The normalized spacial score (nSPS) is 12.0. The lowest BCUT2D eigenvalue weighted by atomic mass is 10.5. The Morgan fingerprint density at radius 1 is 0.720 bits per heavy atom. The first kappa shape index (κ1) is 27.7. The van der Waals surface area contributed by atoms with Crippen LogP contribution in [0.25, 0.3) is 0 Å². The first-order valence-corrected chi connectivity index (χ1v) is 13.2. The molecule has 25 heavy (non-hydrogen) atoms. The van der Waals surface area contributed by atoms with Gasteiger partial charge in [0.15, 0.2) is 0 Å². The minimum atomic E-state index is -2.40. The molecule has 0 saturated heterocycles. The van der Waals surface area contributed by atoms with Gasteiger partial charge in [0.05, 0.1) is 0 Å². The van der Waals surface area contributed by atoms with Crippen molar-refractivity contribution in [2.24, 2.45) is 5.73 Å². The first-order valence-electron chi connectivity index (χ1n) is 8.82. The second-order valence-corrected chi connectivity index (χ2v) is 11.2. The van der Waals surface area contributed by atoms with Gasteiger partial charge in [-0.3, -0.25) is 0 Å². The first-order chi connectivity index (χ1) is 12.0. The quantitative estimate of drug-likeness (QED) is 0.322. The highest BCUT2D eigenvalue weighted by molar-refractivity contribution is 6.61. The summed E-state index contributed by atoms with van der Waals surface area (Å²) in [5.74, 6) is 0.616. The zero-order valence-electron chi connectivity index (χ0n) is 16.8. The van der Waals surface area contributed by atoms with E-state index in [4.69, 9.17) is 43.9 Å². The van der Waals surface area contributed by atoms with Crippen LogP contribution in [0.1, 0.15) is 33.6 Å². The molecular formula is C15H38ClNO6Si2. The van der Waals surface area contributed by atoms with Gasteiger partial charge in [0.2, 0.25) is 0 Å². The molecular weight excluding hydrogens is 382 g/mol. The maximum absolute atomic E-state index is 5.65. The van der Waals surface area contributed by atoms with Gasteiger partial charge < -0.3 is 32.3 Å². The highest BCUT2D eigenvalue weighted by Gasteiger charge is 2.39. The SMILES string of the molecule is CCO[Si](CCCN)(OCC)OCC.CO[Si](CCCCl)(OC)OC. The zero-order chi connectivity index (χ0) is 19.6. The Hall–Kier alpha value is 0.444. The highest BCUT2D eigenvalue weighted by Crippen LogP contribution is 2.17. The summed E-state index contributed by atoms with van der Waals surface area (Å²) >= 11 is 5.53. The van der Waals surface area contributed by atoms with Crippen LogP contribution < -0.4 is 5.73 Å². The van der Waals surface area contributed by atoms with Gasteiger partial charge in [-0.15, -0.1) is 11.6 Å². The van der Waals surface area contributed by atoms with E-state index in [1.165, 1.54) is 0 Å². The Bertz CT molecular complexity index is 263. The van der Waals surface area contributed by atoms with E-state index < -0.39 is 17.6 Å². The van der Waals surface area contributed by atoms with Gasteiger partial charge in [0.25, 0.3) is 0 Å². The molecule has 0 aliphatic carbocycles.